The Kier molecular flexibility index (Phi) is 6.46. The Balaban J connectivity index is 1.11. The van der Waals surface area contributed by atoms with Gasteiger partial charge in [0.15, 0.2) is 0 Å². The van der Waals surface area contributed by atoms with Gasteiger partial charge in [0.05, 0.1) is 0 Å². The molecule has 1 aromatic rings. The summed E-state index contributed by atoms with van der Waals surface area (Å²) in [4.78, 5) is 38.2. The molecule has 0 aromatic carbocycles. The first kappa shape index (κ1) is 21.5. The number of aromatic nitrogens is 2. The van der Waals surface area contributed by atoms with Gasteiger partial charge in [-0.15, -0.1) is 0 Å². The van der Waals surface area contributed by atoms with E-state index in [-0.39, 0.29) is 23.9 Å². The first-order valence-corrected chi connectivity index (χ1v) is 12.6. The van der Waals surface area contributed by atoms with Gasteiger partial charge in [0, 0.05) is 56.2 Å². The van der Waals surface area contributed by atoms with Crippen LogP contribution in [0.2, 0.25) is 0 Å². The van der Waals surface area contributed by atoms with E-state index in [0.717, 1.165) is 76.3 Å². The van der Waals surface area contributed by atoms with E-state index < -0.39 is 0 Å². The minimum absolute atomic E-state index is 0.231. The lowest BCUT2D eigenvalue weighted by Gasteiger charge is -2.21. The van der Waals surface area contributed by atoms with Crippen LogP contribution in [0.3, 0.4) is 0 Å². The van der Waals surface area contributed by atoms with Gasteiger partial charge >= 0.3 is 0 Å². The number of amides is 2. The molecular weight excluding hydrogens is 404 g/mol. The van der Waals surface area contributed by atoms with Gasteiger partial charge in [-0.05, 0) is 38.5 Å². The molecule has 2 saturated heterocycles. The molecule has 2 N–H and O–H groups in total. The molecule has 0 radical (unpaired) electrons. The first-order valence-electron chi connectivity index (χ1n) is 12.6. The summed E-state index contributed by atoms with van der Waals surface area (Å²) in [5, 5.41) is 6.99. The van der Waals surface area contributed by atoms with Gasteiger partial charge in [0.25, 0.3) is 0 Å². The predicted molar refractivity (Wildman–Crippen MR) is 123 cm³/mol. The number of hydrogen-bond donors (Lipinski definition) is 2. The molecule has 8 nitrogen and oxygen atoms in total. The predicted octanol–water partition coefficient (Wildman–Crippen LogP) is 2.88. The standard InChI is InChI=1S/C24H36N6O2/c31-23(17-5-1-2-6-17)29-11-9-19(14-29)27-21-13-22(26-16-25-21)28-20-10-12-30(15-20)24(32)18-7-3-4-8-18/h13,16-20H,1-12,14-15H2,(H2,25,26,27,28). The highest BCUT2D eigenvalue weighted by atomic mass is 16.2. The Morgan fingerprint density at radius 2 is 1.16 bits per heavy atom. The van der Waals surface area contributed by atoms with Crippen LogP contribution in [-0.2, 0) is 9.59 Å². The SMILES string of the molecule is O=C(C1CCCC1)N1CCC(Nc2cc(NC3CCN(C(=O)C4CCCC4)C3)ncn2)C1. The fourth-order valence-corrected chi connectivity index (χ4v) is 5.95. The van der Waals surface area contributed by atoms with Crippen molar-refractivity contribution < 1.29 is 9.59 Å². The molecule has 4 fully saturated rings. The largest absolute Gasteiger partial charge is 0.365 e. The average Bonchev–Trinajstić information content (AvgIpc) is 3.61. The Labute approximate surface area is 190 Å². The van der Waals surface area contributed by atoms with Crippen molar-refractivity contribution >= 4 is 23.5 Å². The monoisotopic (exact) mass is 440 g/mol. The molecule has 4 aliphatic rings. The van der Waals surface area contributed by atoms with Crippen LogP contribution >= 0.6 is 0 Å². The summed E-state index contributed by atoms with van der Waals surface area (Å²) in [5.41, 5.74) is 0. The molecule has 174 valence electrons. The molecule has 3 heterocycles. The second-order valence-corrected chi connectivity index (χ2v) is 10.1. The van der Waals surface area contributed by atoms with Crippen LogP contribution in [0.1, 0.15) is 64.2 Å². The van der Waals surface area contributed by atoms with Crippen molar-refractivity contribution in [3.05, 3.63) is 12.4 Å². The summed E-state index contributed by atoms with van der Waals surface area (Å²) < 4.78 is 0. The zero-order valence-electron chi connectivity index (χ0n) is 19.0. The van der Waals surface area contributed by atoms with Crippen molar-refractivity contribution in [3.8, 4) is 0 Å². The number of hydrogen-bond acceptors (Lipinski definition) is 6. The van der Waals surface area contributed by atoms with E-state index in [1.807, 2.05) is 15.9 Å². The zero-order chi connectivity index (χ0) is 21.9. The molecule has 2 atom stereocenters. The van der Waals surface area contributed by atoms with Crippen LogP contribution in [-0.4, -0.2) is 69.8 Å². The third-order valence-corrected chi connectivity index (χ3v) is 7.78. The number of nitrogens with one attached hydrogen (secondary N) is 2. The summed E-state index contributed by atoms with van der Waals surface area (Å²) in [6.45, 7) is 3.16. The Morgan fingerprint density at radius 3 is 1.59 bits per heavy atom. The molecule has 5 rings (SSSR count). The molecule has 0 bridgehead atoms. The van der Waals surface area contributed by atoms with Crippen molar-refractivity contribution in [1.29, 1.82) is 0 Å². The quantitative estimate of drug-likeness (QED) is 0.707. The smallest absolute Gasteiger partial charge is 0.225 e. The lowest BCUT2D eigenvalue weighted by Crippen LogP contribution is -2.35. The summed E-state index contributed by atoms with van der Waals surface area (Å²) in [5.74, 6) is 2.76. The number of carbonyl (C=O) groups is 2. The van der Waals surface area contributed by atoms with E-state index in [4.69, 9.17) is 0 Å². The first-order chi connectivity index (χ1) is 15.7. The minimum Gasteiger partial charge on any atom is -0.365 e. The third-order valence-electron chi connectivity index (χ3n) is 7.78. The maximum atomic E-state index is 12.7. The summed E-state index contributed by atoms with van der Waals surface area (Å²) in [6.07, 6.45) is 12.5. The average molecular weight is 441 g/mol. The number of carbonyl (C=O) groups excluding carboxylic acids is 2. The highest BCUT2D eigenvalue weighted by Gasteiger charge is 2.33. The number of rotatable bonds is 6. The van der Waals surface area contributed by atoms with Crippen LogP contribution in [0, 0.1) is 11.8 Å². The van der Waals surface area contributed by atoms with E-state index in [2.05, 4.69) is 20.6 Å². The maximum absolute atomic E-state index is 12.7. The lowest BCUT2D eigenvalue weighted by molar-refractivity contribution is -0.135. The molecule has 32 heavy (non-hydrogen) atoms. The van der Waals surface area contributed by atoms with Gasteiger partial charge < -0.3 is 20.4 Å². The molecule has 2 aliphatic heterocycles. The van der Waals surface area contributed by atoms with Crippen LogP contribution in [0.4, 0.5) is 11.6 Å². The number of anilines is 2. The van der Waals surface area contributed by atoms with Crippen LogP contribution in [0.25, 0.3) is 0 Å². The van der Waals surface area contributed by atoms with Gasteiger partial charge in [-0.2, -0.15) is 0 Å². The van der Waals surface area contributed by atoms with Gasteiger partial charge in [-0.3, -0.25) is 9.59 Å². The fraction of sp³-hybridized carbons (Fsp3) is 0.750. The molecule has 2 amide bonds. The summed E-state index contributed by atoms with van der Waals surface area (Å²) >= 11 is 0. The molecule has 2 aliphatic carbocycles. The summed E-state index contributed by atoms with van der Waals surface area (Å²) in [7, 11) is 0. The number of nitrogens with zero attached hydrogens (tertiary/aromatic N) is 4. The van der Waals surface area contributed by atoms with Crippen molar-refractivity contribution in [2.24, 2.45) is 11.8 Å². The van der Waals surface area contributed by atoms with Crippen LogP contribution < -0.4 is 10.6 Å². The Hall–Kier alpha value is -2.38. The van der Waals surface area contributed by atoms with Crippen molar-refractivity contribution in [2.45, 2.75) is 76.3 Å². The Morgan fingerprint density at radius 1 is 0.719 bits per heavy atom. The minimum atomic E-state index is 0.231. The zero-order valence-corrected chi connectivity index (χ0v) is 19.0. The Bertz CT molecular complexity index is 757. The van der Waals surface area contributed by atoms with Crippen molar-refractivity contribution in [3.63, 3.8) is 0 Å². The topological polar surface area (TPSA) is 90.5 Å². The molecule has 0 spiro atoms. The van der Waals surface area contributed by atoms with Crippen LogP contribution in [0.15, 0.2) is 12.4 Å². The molecule has 2 saturated carbocycles. The maximum Gasteiger partial charge on any atom is 0.225 e. The van der Waals surface area contributed by atoms with E-state index in [1.165, 1.54) is 25.7 Å². The van der Waals surface area contributed by atoms with E-state index in [9.17, 15) is 9.59 Å². The highest BCUT2D eigenvalue weighted by molar-refractivity contribution is 5.80. The van der Waals surface area contributed by atoms with Crippen molar-refractivity contribution in [2.75, 3.05) is 36.8 Å². The molecule has 2 unspecified atom stereocenters. The van der Waals surface area contributed by atoms with Gasteiger partial charge in [0.2, 0.25) is 11.8 Å². The summed E-state index contributed by atoms with van der Waals surface area (Å²) in [6, 6.07) is 2.41. The van der Waals surface area contributed by atoms with Crippen LogP contribution in [0.5, 0.6) is 0 Å². The van der Waals surface area contributed by atoms with Crippen molar-refractivity contribution in [1.82, 2.24) is 19.8 Å². The third kappa shape index (κ3) is 4.84. The van der Waals surface area contributed by atoms with E-state index >= 15 is 0 Å². The second-order valence-electron chi connectivity index (χ2n) is 10.1. The lowest BCUT2D eigenvalue weighted by atomic mass is 10.1. The van der Waals surface area contributed by atoms with E-state index in [0.29, 0.717) is 11.8 Å². The molecule has 1 aromatic heterocycles. The normalized spacial score (nSPS) is 26.8. The van der Waals surface area contributed by atoms with Gasteiger partial charge in [0.1, 0.15) is 18.0 Å². The fourth-order valence-electron chi connectivity index (χ4n) is 5.95. The van der Waals surface area contributed by atoms with Gasteiger partial charge in [-0.1, -0.05) is 25.7 Å². The van der Waals surface area contributed by atoms with E-state index in [1.54, 1.807) is 6.33 Å². The highest BCUT2D eigenvalue weighted by Crippen LogP contribution is 2.29. The van der Waals surface area contributed by atoms with Gasteiger partial charge in [-0.25, -0.2) is 9.97 Å². The number of likely N-dealkylation sites (tertiary alicyclic amines) is 2. The molecular formula is C24H36N6O2. The second kappa shape index (κ2) is 9.63. The molecule has 8 heteroatoms.